The lowest BCUT2D eigenvalue weighted by molar-refractivity contribution is 0.0927. The second kappa shape index (κ2) is 5.01. The van der Waals surface area contributed by atoms with Gasteiger partial charge in [-0.2, -0.15) is 5.26 Å². The number of hydrogen-bond acceptors (Lipinski definition) is 2. The number of amides is 1. The second-order valence-electron chi connectivity index (χ2n) is 4.65. The molecule has 1 amide bonds. The highest BCUT2D eigenvalue weighted by Gasteiger charge is 2.22. The van der Waals surface area contributed by atoms with Crippen LogP contribution in [-0.4, -0.2) is 11.4 Å². The molecule has 17 heavy (non-hydrogen) atoms. The van der Waals surface area contributed by atoms with Gasteiger partial charge in [0.15, 0.2) is 0 Å². The van der Waals surface area contributed by atoms with Crippen molar-refractivity contribution in [3.05, 3.63) is 34.9 Å². The molecule has 0 aliphatic carbocycles. The highest BCUT2D eigenvalue weighted by molar-refractivity contribution is 5.97. The lowest BCUT2D eigenvalue weighted by Gasteiger charge is -2.19. The Hall–Kier alpha value is -1.82. The van der Waals surface area contributed by atoms with Crippen LogP contribution in [0.3, 0.4) is 0 Å². The molecule has 3 heteroatoms. The molecule has 1 aromatic rings. The van der Waals surface area contributed by atoms with Crippen LogP contribution >= 0.6 is 0 Å². The zero-order valence-electron chi connectivity index (χ0n) is 10.8. The summed E-state index contributed by atoms with van der Waals surface area (Å²) in [6.07, 6.45) is 0.803. The molecule has 0 saturated carbocycles. The lowest BCUT2D eigenvalue weighted by Crippen LogP contribution is -2.42. The number of hydrogen-bond donors (Lipinski definition) is 1. The van der Waals surface area contributed by atoms with Gasteiger partial charge < -0.3 is 5.32 Å². The van der Waals surface area contributed by atoms with Gasteiger partial charge in [0, 0.05) is 5.56 Å². The van der Waals surface area contributed by atoms with Gasteiger partial charge in [-0.15, -0.1) is 0 Å². The molecule has 1 rings (SSSR count). The molecule has 0 atom stereocenters. The quantitative estimate of drug-likeness (QED) is 0.867. The van der Waals surface area contributed by atoms with Gasteiger partial charge in [-0.25, -0.2) is 0 Å². The van der Waals surface area contributed by atoms with Crippen LogP contribution in [0.2, 0.25) is 0 Å². The van der Waals surface area contributed by atoms with Crippen molar-refractivity contribution in [2.24, 2.45) is 0 Å². The first kappa shape index (κ1) is 13.2. The molecule has 0 radical (unpaired) electrons. The summed E-state index contributed by atoms with van der Waals surface area (Å²) >= 11 is 0. The van der Waals surface area contributed by atoms with Crippen LogP contribution in [0.1, 0.15) is 42.3 Å². The third-order valence-electron chi connectivity index (χ3n) is 2.67. The topological polar surface area (TPSA) is 52.9 Å². The Morgan fingerprint density at radius 2 is 2.12 bits per heavy atom. The Morgan fingerprint density at radius 3 is 2.65 bits per heavy atom. The van der Waals surface area contributed by atoms with Crippen molar-refractivity contribution in [2.45, 2.75) is 39.7 Å². The van der Waals surface area contributed by atoms with E-state index in [1.807, 2.05) is 32.0 Å². The van der Waals surface area contributed by atoms with Gasteiger partial charge in [0.05, 0.1) is 6.07 Å². The van der Waals surface area contributed by atoms with Crippen molar-refractivity contribution in [1.82, 2.24) is 5.32 Å². The minimum absolute atomic E-state index is 0.175. The normalized spacial score (nSPS) is 10.8. The Labute approximate surface area is 102 Å². The highest BCUT2D eigenvalue weighted by Crippen LogP contribution is 2.16. The standard InChI is InChI=1S/C14H18N2O/c1-5-11-8-6-7-10(2)12(11)13(17)16-14(3,4)9-15/h6-8H,5H2,1-4H3,(H,16,17). The molecule has 0 saturated heterocycles. The summed E-state index contributed by atoms with van der Waals surface area (Å²) in [7, 11) is 0. The van der Waals surface area contributed by atoms with E-state index in [0.717, 1.165) is 17.5 Å². The van der Waals surface area contributed by atoms with Crippen LogP contribution in [0.5, 0.6) is 0 Å². The Kier molecular flexibility index (Phi) is 3.90. The minimum Gasteiger partial charge on any atom is -0.334 e. The maximum Gasteiger partial charge on any atom is 0.253 e. The fraction of sp³-hybridized carbons (Fsp3) is 0.429. The van der Waals surface area contributed by atoms with Gasteiger partial charge in [-0.05, 0) is 38.3 Å². The number of carbonyl (C=O) groups is 1. The number of benzene rings is 1. The lowest BCUT2D eigenvalue weighted by atomic mass is 9.98. The maximum atomic E-state index is 12.2. The number of aryl methyl sites for hydroxylation is 2. The first-order chi connectivity index (χ1) is 7.91. The number of nitrogens with one attached hydrogen (secondary N) is 1. The molecular weight excluding hydrogens is 212 g/mol. The smallest absolute Gasteiger partial charge is 0.253 e. The van der Waals surface area contributed by atoms with E-state index in [1.165, 1.54) is 0 Å². The van der Waals surface area contributed by atoms with Gasteiger partial charge in [-0.1, -0.05) is 25.1 Å². The zero-order chi connectivity index (χ0) is 13.1. The summed E-state index contributed by atoms with van der Waals surface area (Å²) in [6, 6.07) is 7.87. The van der Waals surface area contributed by atoms with Crippen LogP contribution < -0.4 is 5.32 Å². The van der Waals surface area contributed by atoms with Crippen LogP contribution in [0.25, 0.3) is 0 Å². The first-order valence-electron chi connectivity index (χ1n) is 5.73. The van der Waals surface area contributed by atoms with Gasteiger partial charge in [0.1, 0.15) is 5.54 Å². The number of nitrogens with zero attached hydrogens (tertiary/aromatic N) is 1. The van der Waals surface area contributed by atoms with Crippen molar-refractivity contribution in [1.29, 1.82) is 5.26 Å². The number of rotatable bonds is 3. The largest absolute Gasteiger partial charge is 0.334 e. The van der Waals surface area contributed by atoms with E-state index in [9.17, 15) is 4.79 Å². The molecule has 0 aliphatic heterocycles. The Balaban J connectivity index is 3.09. The van der Waals surface area contributed by atoms with E-state index in [2.05, 4.69) is 11.4 Å². The van der Waals surface area contributed by atoms with Crippen molar-refractivity contribution in [3.63, 3.8) is 0 Å². The summed E-state index contributed by atoms with van der Waals surface area (Å²) in [4.78, 5) is 12.2. The molecule has 0 aliphatic rings. The summed E-state index contributed by atoms with van der Waals surface area (Å²) in [5.41, 5.74) is 1.80. The predicted octanol–water partition coefficient (Wildman–Crippen LogP) is 2.59. The van der Waals surface area contributed by atoms with Gasteiger partial charge in [0.25, 0.3) is 5.91 Å². The van der Waals surface area contributed by atoms with E-state index >= 15 is 0 Å². The molecule has 1 N–H and O–H groups in total. The third kappa shape index (κ3) is 3.07. The van der Waals surface area contributed by atoms with Crippen molar-refractivity contribution >= 4 is 5.91 Å². The molecule has 1 aromatic carbocycles. The number of carbonyl (C=O) groups excluding carboxylic acids is 1. The maximum absolute atomic E-state index is 12.2. The van der Waals surface area contributed by atoms with Crippen LogP contribution in [0.15, 0.2) is 18.2 Å². The second-order valence-corrected chi connectivity index (χ2v) is 4.65. The number of nitriles is 1. The molecule has 0 fully saturated rings. The highest BCUT2D eigenvalue weighted by atomic mass is 16.1. The summed E-state index contributed by atoms with van der Waals surface area (Å²) < 4.78 is 0. The van der Waals surface area contributed by atoms with Gasteiger partial charge in [-0.3, -0.25) is 4.79 Å². The fourth-order valence-electron chi connectivity index (χ4n) is 1.72. The Morgan fingerprint density at radius 1 is 1.47 bits per heavy atom. The van der Waals surface area contributed by atoms with Crippen LogP contribution in [0.4, 0.5) is 0 Å². The third-order valence-corrected chi connectivity index (χ3v) is 2.67. The van der Waals surface area contributed by atoms with Crippen molar-refractivity contribution in [3.8, 4) is 6.07 Å². The molecular formula is C14H18N2O. The minimum atomic E-state index is -0.843. The summed E-state index contributed by atoms with van der Waals surface area (Å²) in [6.45, 7) is 7.30. The van der Waals surface area contributed by atoms with Crippen molar-refractivity contribution < 1.29 is 4.79 Å². The first-order valence-corrected chi connectivity index (χ1v) is 5.73. The van der Waals surface area contributed by atoms with E-state index in [4.69, 9.17) is 5.26 Å². The Bertz CT molecular complexity index is 470. The van der Waals surface area contributed by atoms with Crippen LogP contribution in [-0.2, 0) is 6.42 Å². The molecule has 90 valence electrons. The molecule has 0 unspecified atom stereocenters. The average molecular weight is 230 g/mol. The SMILES string of the molecule is CCc1cccc(C)c1C(=O)NC(C)(C)C#N. The fourth-order valence-corrected chi connectivity index (χ4v) is 1.72. The van der Waals surface area contributed by atoms with E-state index < -0.39 is 5.54 Å². The van der Waals surface area contributed by atoms with E-state index in [0.29, 0.717) is 5.56 Å². The van der Waals surface area contributed by atoms with Gasteiger partial charge in [0.2, 0.25) is 0 Å². The molecule has 0 heterocycles. The molecule has 0 bridgehead atoms. The molecule has 0 spiro atoms. The molecule has 3 nitrogen and oxygen atoms in total. The summed E-state index contributed by atoms with van der Waals surface area (Å²) in [5.74, 6) is -0.175. The van der Waals surface area contributed by atoms with Gasteiger partial charge >= 0.3 is 0 Å². The van der Waals surface area contributed by atoms with E-state index in [-0.39, 0.29) is 5.91 Å². The average Bonchev–Trinajstić information content (AvgIpc) is 2.27. The van der Waals surface area contributed by atoms with Crippen molar-refractivity contribution in [2.75, 3.05) is 0 Å². The van der Waals surface area contributed by atoms with E-state index in [1.54, 1.807) is 13.8 Å². The predicted molar refractivity (Wildman–Crippen MR) is 67.7 cm³/mol. The monoisotopic (exact) mass is 230 g/mol. The van der Waals surface area contributed by atoms with Crippen LogP contribution in [0, 0.1) is 18.3 Å². The molecule has 0 aromatic heterocycles. The zero-order valence-corrected chi connectivity index (χ0v) is 10.8. The summed E-state index contributed by atoms with van der Waals surface area (Å²) in [5, 5.41) is 11.7.